The fourth-order valence-electron chi connectivity index (χ4n) is 1.39. The molecule has 6 nitrogen and oxygen atoms in total. The molecular weight excluding hydrogens is 292 g/mol. The van der Waals surface area contributed by atoms with Crippen molar-refractivity contribution in [3.05, 3.63) is 16.9 Å². The van der Waals surface area contributed by atoms with Crippen molar-refractivity contribution in [2.24, 2.45) is 0 Å². The third kappa shape index (κ3) is 3.16. The zero-order valence-corrected chi connectivity index (χ0v) is 12.9. The molecule has 0 atom stereocenters. The maximum atomic E-state index is 12.4. The molecule has 1 heterocycles. The fraction of sp³-hybridized carbons (Fsp3) is 0.636. The second-order valence-corrected chi connectivity index (χ2v) is 7.64. The number of nitrogens with zero attached hydrogens (tertiary/aromatic N) is 2. The summed E-state index contributed by atoms with van der Waals surface area (Å²) in [4.78, 5) is 12.4. The molecule has 1 rings (SSSR count). The van der Waals surface area contributed by atoms with Gasteiger partial charge in [0.05, 0.1) is 24.4 Å². The van der Waals surface area contributed by atoms with E-state index in [1.54, 1.807) is 0 Å². The number of sulfone groups is 1. The molecule has 1 aromatic rings. The average Bonchev–Trinajstić information content (AvgIpc) is 2.65. The molecule has 0 saturated carbocycles. The van der Waals surface area contributed by atoms with Crippen LogP contribution in [0.3, 0.4) is 0 Å². The van der Waals surface area contributed by atoms with Crippen molar-refractivity contribution in [2.75, 3.05) is 20.0 Å². The molecule has 0 aliphatic carbocycles. The van der Waals surface area contributed by atoms with Gasteiger partial charge in [0, 0.05) is 13.4 Å². The molecule has 0 unspecified atom stereocenters. The number of hydrogen-bond acceptors (Lipinski definition) is 5. The molecule has 0 aromatic carbocycles. The fourth-order valence-corrected chi connectivity index (χ4v) is 2.05. The Morgan fingerprint density at radius 3 is 2.58 bits per heavy atom. The van der Waals surface area contributed by atoms with E-state index in [0.717, 1.165) is 6.26 Å². The largest absolute Gasteiger partial charge is 0.383 e. The predicted molar refractivity (Wildman–Crippen MR) is 72.4 cm³/mol. The predicted octanol–water partition coefficient (Wildman–Crippen LogP) is 1.19. The number of halogens is 1. The first-order valence-electron chi connectivity index (χ1n) is 5.57. The highest BCUT2D eigenvalue weighted by molar-refractivity contribution is 7.92. The van der Waals surface area contributed by atoms with Gasteiger partial charge in [0.2, 0.25) is 5.78 Å². The number of Topliss-reactive ketones (excluding diaryl/α,β-unsaturated/α-hetero) is 1. The molecule has 0 amide bonds. The molecule has 8 heteroatoms. The number of ether oxygens (including phenoxy) is 1. The van der Waals surface area contributed by atoms with Gasteiger partial charge in [-0.15, -0.1) is 0 Å². The van der Waals surface area contributed by atoms with Crippen molar-refractivity contribution in [1.29, 1.82) is 0 Å². The number of ketones is 1. The number of rotatable bonds is 6. The molecule has 0 spiro atoms. The van der Waals surface area contributed by atoms with Crippen molar-refractivity contribution in [3.63, 3.8) is 0 Å². The summed E-state index contributed by atoms with van der Waals surface area (Å²) in [5.41, 5.74) is 0.0918. The second-order valence-electron chi connectivity index (χ2n) is 4.67. The van der Waals surface area contributed by atoms with E-state index < -0.39 is 20.4 Å². The Bertz CT molecular complexity index is 578. The number of hydrogen-bond donors (Lipinski definition) is 0. The van der Waals surface area contributed by atoms with Crippen LogP contribution in [0.1, 0.15) is 24.3 Å². The highest BCUT2D eigenvalue weighted by Gasteiger charge is 2.41. The Balaban J connectivity index is 3.23. The molecule has 0 fully saturated rings. The Kier molecular flexibility index (Phi) is 4.76. The standard InChI is InChI=1S/C11H17ClN2O4S/c1-11(2,19(4,16)17)10(15)9-8(12)7-13-14(9)5-6-18-3/h7H,5-6H2,1-4H3. The lowest BCUT2D eigenvalue weighted by molar-refractivity contribution is 0.0940. The lowest BCUT2D eigenvalue weighted by atomic mass is 10.1. The number of carbonyl (C=O) groups is 1. The van der Waals surface area contributed by atoms with Gasteiger partial charge in [0.1, 0.15) is 10.4 Å². The molecule has 0 aliphatic heterocycles. The zero-order valence-electron chi connectivity index (χ0n) is 11.3. The van der Waals surface area contributed by atoms with Crippen molar-refractivity contribution < 1.29 is 17.9 Å². The minimum Gasteiger partial charge on any atom is -0.383 e. The summed E-state index contributed by atoms with van der Waals surface area (Å²) < 4.78 is 28.1. The van der Waals surface area contributed by atoms with Crippen molar-refractivity contribution in [1.82, 2.24) is 9.78 Å². The Labute approximate surface area is 117 Å². The smallest absolute Gasteiger partial charge is 0.202 e. The van der Waals surface area contributed by atoms with Gasteiger partial charge in [-0.25, -0.2) is 8.42 Å². The topological polar surface area (TPSA) is 78.3 Å². The molecule has 0 aliphatic rings. The van der Waals surface area contributed by atoms with E-state index in [4.69, 9.17) is 16.3 Å². The summed E-state index contributed by atoms with van der Waals surface area (Å²) in [6, 6.07) is 0. The van der Waals surface area contributed by atoms with Crippen LogP contribution in [0, 0.1) is 0 Å². The Morgan fingerprint density at radius 2 is 2.11 bits per heavy atom. The van der Waals surface area contributed by atoms with Gasteiger partial charge in [-0.1, -0.05) is 11.6 Å². The minimum absolute atomic E-state index is 0.0918. The molecule has 108 valence electrons. The highest BCUT2D eigenvalue weighted by Crippen LogP contribution is 2.26. The van der Waals surface area contributed by atoms with Gasteiger partial charge in [0.15, 0.2) is 9.84 Å². The van der Waals surface area contributed by atoms with E-state index in [2.05, 4.69) is 5.10 Å². The summed E-state index contributed by atoms with van der Waals surface area (Å²) in [5.74, 6) is -0.575. The lowest BCUT2D eigenvalue weighted by Gasteiger charge is -2.21. The van der Waals surface area contributed by atoms with Crippen LogP contribution in [0.25, 0.3) is 0 Å². The van der Waals surface area contributed by atoms with Crippen LogP contribution in [-0.4, -0.2) is 48.7 Å². The number of aromatic nitrogens is 2. The first-order chi connectivity index (χ1) is 8.63. The van der Waals surface area contributed by atoms with Gasteiger partial charge < -0.3 is 4.74 Å². The Morgan fingerprint density at radius 1 is 1.53 bits per heavy atom. The number of methoxy groups -OCH3 is 1. The second kappa shape index (κ2) is 5.60. The van der Waals surface area contributed by atoms with E-state index >= 15 is 0 Å². The van der Waals surface area contributed by atoms with E-state index in [-0.39, 0.29) is 10.7 Å². The molecular formula is C11H17ClN2O4S. The summed E-state index contributed by atoms with van der Waals surface area (Å²) in [6.07, 6.45) is 2.34. The van der Waals surface area contributed by atoms with Crippen LogP contribution in [0.2, 0.25) is 5.02 Å². The summed E-state index contributed by atoms with van der Waals surface area (Å²) in [5, 5.41) is 4.10. The SMILES string of the molecule is COCCn1ncc(Cl)c1C(=O)C(C)(C)S(C)(=O)=O. The van der Waals surface area contributed by atoms with Gasteiger partial charge in [-0.3, -0.25) is 9.48 Å². The third-order valence-electron chi connectivity index (χ3n) is 2.99. The van der Waals surface area contributed by atoms with Gasteiger partial charge in [-0.05, 0) is 13.8 Å². The Hall–Kier alpha value is -0.920. The van der Waals surface area contributed by atoms with Crippen LogP contribution in [-0.2, 0) is 21.1 Å². The molecule has 19 heavy (non-hydrogen) atoms. The van der Waals surface area contributed by atoms with Crippen LogP contribution in [0.15, 0.2) is 6.20 Å². The molecule has 1 aromatic heterocycles. The zero-order chi connectivity index (χ0) is 14.8. The number of carbonyl (C=O) groups excluding carboxylic acids is 1. The van der Waals surface area contributed by atoms with E-state index in [1.165, 1.54) is 31.8 Å². The van der Waals surface area contributed by atoms with Crippen LogP contribution in [0.5, 0.6) is 0 Å². The van der Waals surface area contributed by atoms with Crippen LogP contribution < -0.4 is 0 Å². The highest BCUT2D eigenvalue weighted by atomic mass is 35.5. The van der Waals surface area contributed by atoms with E-state index in [9.17, 15) is 13.2 Å². The minimum atomic E-state index is -3.56. The van der Waals surface area contributed by atoms with Gasteiger partial charge >= 0.3 is 0 Å². The van der Waals surface area contributed by atoms with E-state index in [1.807, 2.05) is 0 Å². The lowest BCUT2D eigenvalue weighted by Crippen LogP contribution is -2.41. The monoisotopic (exact) mass is 308 g/mol. The first-order valence-corrected chi connectivity index (χ1v) is 7.84. The van der Waals surface area contributed by atoms with Crippen molar-refractivity contribution in [3.8, 4) is 0 Å². The molecule has 0 radical (unpaired) electrons. The van der Waals surface area contributed by atoms with Gasteiger partial charge in [0.25, 0.3) is 0 Å². The molecule has 0 saturated heterocycles. The van der Waals surface area contributed by atoms with Crippen LogP contribution in [0.4, 0.5) is 0 Å². The quantitative estimate of drug-likeness (QED) is 0.738. The summed E-state index contributed by atoms with van der Waals surface area (Å²) in [6.45, 7) is 3.38. The first kappa shape index (κ1) is 16.1. The molecule has 0 N–H and O–H groups in total. The van der Waals surface area contributed by atoms with Crippen molar-refractivity contribution in [2.45, 2.75) is 25.1 Å². The maximum absolute atomic E-state index is 12.4. The van der Waals surface area contributed by atoms with E-state index in [0.29, 0.717) is 13.2 Å². The average molecular weight is 309 g/mol. The maximum Gasteiger partial charge on any atom is 0.202 e. The van der Waals surface area contributed by atoms with Crippen LogP contribution >= 0.6 is 11.6 Å². The third-order valence-corrected chi connectivity index (χ3v) is 5.31. The molecule has 0 bridgehead atoms. The normalized spacial score (nSPS) is 12.7. The van der Waals surface area contributed by atoms with Crippen molar-refractivity contribution >= 4 is 27.2 Å². The summed E-state index contributed by atoms with van der Waals surface area (Å²) in [7, 11) is -2.04. The van der Waals surface area contributed by atoms with Gasteiger partial charge in [-0.2, -0.15) is 5.10 Å². The summed E-state index contributed by atoms with van der Waals surface area (Å²) >= 11 is 5.94.